The Bertz CT molecular complexity index is 339. The average Bonchev–Trinajstić information content (AvgIpc) is 2.12. The summed E-state index contributed by atoms with van der Waals surface area (Å²) in [7, 11) is 0. The summed E-state index contributed by atoms with van der Waals surface area (Å²) < 4.78 is 13.1. The smallest absolute Gasteiger partial charge is 0.319 e. The molecule has 4 heteroatoms. The lowest BCUT2D eigenvalue weighted by Gasteiger charge is -2.07. The van der Waals surface area contributed by atoms with E-state index in [9.17, 15) is 9.18 Å². The van der Waals surface area contributed by atoms with E-state index in [1.165, 1.54) is 6.07 Å². The van der Waals surface area contributed by atoms with Gasteiger partial charge in [-0.3, -0.25) is 0 Å². The lowest BCUT2D eigenvalue weighted by molar-refractivity contribution is 0.252. The fourth-order valence-electron chi connectivity index (χ4n) is 1.06. The molecule has 0 saturated heterocycles. The number of carbonyl (C=O) groups excluding carboxylic acids is 1. The van der Waals surface area contributed by atoms with Gasteiger partial charge in [0.15, 0.2) is 0 Å². The number of halogens is 1. The van der Waals surface area contributed by atoms with E-state index in [1.807, 2.05) is 6.92 Å². The summed E-state index contributed by atoms with van der Waals surface area (Å²) in [5.74, 6) is -0.429. The lowest BCUT2D eigenvalue weighted by atomic mass is 10.2. The molecule has 0 atom stereocenters. The van der Waals surface area contributed by atoms with Crippen LogP contribution in [0.15, 0.2) is 18.2 Å². The van der Waals surface area contributed by atoms with Crippen molar-refractivity contribution in [1.29, 1.82) is 0 Å². The zero-order valence-electron chi connectivity index (χ0n) is 8.23. The number of nitrogens with one attached hydrogen (secondary N) is 2. The number of amides is 2. The predicted molar refractivity (Wildman–Crippen MR) is 53.8 cm³/mol. The Hall–Kier alpha value is -1.58. The van der Waals surface area contributed by atoms with Gasteiger partial charge in [-0.2, -0.15) is 0 Å². The summed E-state index contributed by atoms with van der Waals surface area (Å²) >= 11 is 0. The molecule has 0 aromatic heterocycles. The maximum absolute atomic E-state index is 13.1. The van der Waals surface area contributed by atoms with Gasteiger partial charge in [-0.25, -0.2) is 9.18 Å². The number of hydrogen-bond donors (Lipinski definition) is 2. The monoisotopic (exact) mass is 196 g/mol. The first kappa shape index (κ1) is 10.5. The molecule has 0 heterocycles. The molecule has 0 bridgehead atoms. The van der Waals surface area contributed by atoms with Crippen LogP contribution in [0.3, 0.4) is 0 Å². The number of hydrogen-bond acceptors (Lipinski definition) is 1. The molecule has 0 aliphatic rings. The van der Waals surface area contributed by atoms with Crippen LogP contribution in [-0.2, 0) is 0 Å². The van der Waals surface area contributed by atoms with Gasteiger partial charge in [-0.15, -0.1) is 0 Å². The van der Waals surface area contributed by atoms with Crippen LogP contribution in [0.4, 0.5) is 14.9 Å². The van der Waals surface area contributed by atoms with Crippen LogP contribution in [0.25, 0.3) is 0 Å². The van der Waals surface area contributed by atoms with Gasteiger partial charge in [0, 0.05) is 6.54 Å². The Labute approximate surface area is 82.3 Å². The second-order valence-electron chi connectivity index (χ2n) is 2.97. The van der Waals surface area contributed by atoms with Crippen molar-refractivity contribution < 1.29 is 9.18 Å². The molecule has 2 amide bonds. The minimum atomic E-state index is -0.429. The molecule has 0 radical (unpaired) electrons. The molecule has 0 saturated carbocycles. The fourth-order valence-corrected chi connectivity index (χ4v) is 1.06. The van der Waals surface area contributed by atoms with E-state index < -0.39 is 11.8 Å². The van der Waals surface area contributed by atoms with Gasteiger partial charge in [0.1, 0.15) is 5.82 Å². The van der Waals surface area contributed by atoms with Crippen molar-refractivity contribution in [2.45, 2.75) is 13.8 Å². The van der Waals surface area contributed by atoms with E-state index in [0.717, 1.165) is 5.56 Å². The molecule has 1 aromatic carbocycles. The van der Waals surface area contributed by atoms with Crippen LogP contribution in [0.2, 0.25) is 0 Å². The number of benzene rings is 1. The lowest BCUT2D eigenvalue weighted by Crippen LogP contribution is -2.28. The van der Waals surface area contributed by atoms with Crippen LogP contribution < -0.4 is 10.6 Å². The molecular weight excluding hydrogens is 183 g/mol. The largest absolute Gasteiger partial charge is 0.338 e. The van der Waals surface area contributed by atoms with Gasteiger partial charge in [-0.05, 0) is 31.5 Å². The van der Waals surface area contributed by atoms with Crippen LogP contribution in [0.1, 0.15) is 12.5 Å². The van der Waals surface area contributed by atoms with Crippen molar-refractivity contribution in [3.63, 3.8) is 0 Å². The van der Waals surface area contributed by atoms with Crippen LogP contribution in [0, 0.1) is 12.7 Å². The molecule has 1 aromatic rings. The third-order valence-electron chi connectivity index (χ3n) is 1.71. The van der Waals surface area contributed by atoms with Crippen LogP contribution in [-0.4, -0.2) is 12.6 Å². The summed E-state index contributed by atoms with van der Waals surface area (Å²) in [6.07, 6.45) is 0. The van der Waals surface area contributed by atoms with Crippen molar-refractivity contribution >= 4 is 11.7 Å². The third-order valence-corrected chi connectivity index (χ3v) is 1.71. The Morgan fingerprint density at radius 3 is 2.86 bits per heavy atom. The zero-order chi connectivity index (χ0) is 10.6. The van der Waals surface area contributed by atoms with Gasteiger partial charge in [0.25, 0.3) is 0 Å². The molecule has 3 nitrogen and oxygen atoms in total. The van der Waals surface area contributed by atoms with E-state index >= 15 is 0 Å². The van der Waals surface area contributed by atoms with Crippen molar-refractivity contribution in [2.75, 3.05) is 11.9 Å². The van der Waals surface area contributed by atoms with Gasteiger partial charge < -0.3 is 10.6 Å². The quantitative estimate of drug-likeness (QED) is 0.748. The van der Waals surface area contributed by atoms with Gasteiger partial charge >= 0.3 is 6.03 Å². The normalized spacial score (nSPS) is 9.64. The molecule has 14 heavy (non-hydrogen) atoms. The summed E-state index contributed by atoms with van der Waals surface area (Å²) in [4.78, 5) is 11.1. The van der Waals surface area contributed by atoms with E-state index in [0.29, 0.717) is 6.54 Å². The summed E-state index contributed by atoms with van der Waals surface area (Å²) in [6, 6.07) is 4.18. The highest BCUT2D eigenvalue weighted by atomic mass is 19.1. The molecule has 0 spiro atoms. The Kier molecular flexibility index (Phi) is 3.45. The molecule has 76 valence electrons. The molecular formula is C10H13FN2O. The Morgan fingerprint density at radius 2 is 2.21 bits per heavy atom. The number of aryl methyl sites for hydroxylation is 1. The number of urea groups is 1. The fraction of sp³-hybridized carbons (Fsp3) is 0.300. The van der Waals surface area contributed by atoms with Gasteiger partial charge in [0.2, 0.25) is 0 Å². The minimum Gasteiger partial charge on any atom is -0.338 e. The third kappa shape index (κ3) is 2.73. The first-order valence-corrected chi connectivity index (χ1v) is 4.44. The van der Waals surface area contributed by atoms with Crippen LogP contribution >= 0.6 is 0 Å². The first-order valence-electron chi connectivity index (χ1n) is 4.44. The minimum absolute atomic E-state index is 0.205. The van der Waals surface area contributed by atoms with Crippen LogP contribution in [0.5, 0.6) is 0 Å². The number of rotatable bonds is 2. The van der Waals surface area contributed by atoms with Gasteiger partial charge in [0.05, 0.1) is 5.69 Å². The van der Waals surface area contributed by atoms with Crippen molar-refractivity contribution in [3.8, 4) is 0 Å². The standard InChI is InChI=1S/C10H13FN2O/c1-3-12-10(14)13-9-6-7(2)4-5-8(9)11/h4-6H,3H2,1-2H3,(H2,12,13,14). The highest BCUT2D eigenvalue weighted by Gasteiger charge is 2.05. The second-order valence-corrected chi connectivity index (χ2v) is 2.97. The topological polar surface area (TPSA) is 41.1 Å². The van der Waals surface area contributed by atoms with E-state index in [4.69, 9.17) is 0 Å². The highest BCUT2D eigenvalue weighted by Crippen LogP contribution is 2.15. The molecule has 0 unspecified atom stereocenters. The van der Waals surface area contributed by atoms with Gasteiger partial charge in [-0.1, -0.05) is 6.07 Å². The van der Waals surface area contributed by atoms with Crippen molar-refractivity contribution in [2.24, 2.45) is 0 Å². The summed E-state index contributed by atoms with van der Waals surface area (Å²) in [5, 5.41) is 4.95. The summed E-state index contributed by atoms with van der Waals surface area (Å²) in [6.45, 7) is 4.15. The maximum atomic E-state index is 13.1. The average molecular weight is 196 g/mol. The number of carbonyl (C=O) groups is 1. The van der Waals surface area contributed by atoms with E-state index in [2.05, 4.69) is 10.6 Å². The SMILES string of the molecule is CCNC(=O)Nc1cc(C)ccc1F. The Morgan fingerprint density at radius 1 is 1.50 bits per heavy atom. The molecule has 0 fully saturated rings. The zero-order valence-corrected chi connectivity index (χ0v) is 8.23. The highest BCUT2D eigenvalue weighted by molar-refractivity contribution is 5.89. The second kappa shape index (κ2) is 4.60. The maximum Gasteiger partial charge on any atom is 0.319 e. The van der Waals surface area contributed by atoms with Crippen molar-refractivity contribution in [3.05, 3.63) is 29.6 Å². The van der Waals surface area contributed by atoms with E-state index in [1.54, 1.807) is 19.1 Å². The summed E-state index contributed by atoms with van der Waals surface area (Å²) in [5.41, 5.74) is 1.11. The molecule has 1 rings (SSSR count). The Balaban J connectivity index is 2.75. The predicted octanol–water partition coefficient (Wildman–Crippen LogP) is 2.28. The molecule has 2 N–H and O–H groups in total. The molecule has 0 aliphatic carbocycles. The first-order chi connectivity index (χ1) is 6.63. The van der Waals surface area contributed by atoms with E-state index in [-0.39, 0.29) is 5.69 Å². The van der Waals surface area contributed by atoms with Crippen molar-refractivity contribution in [1.82, 2.24) is 5.32 Å². The number of anilines is 1. The molecule has 0 aliphatic heterocycles.